The van der Waals surface area contributed by atoms with Crippen molar-refractivity contribution in [2.45, 2.75) is 44.6 Å². The van der Waals surface area contributed by atoms with Crippen LogP contribution in [0.3, 0.4) is 0 Å². The molecule has 1 amide bonds. The monoisotopic (exact) mass is 262 g/mol. The highest BCUT2D eigenvalue weighted by atomic mass is 16.3. The summed E-state index contributed by atoms with van der Waals surface area (Å²) in [5.41, 5.74) is 0.940. The number of aromatic nitrogens is 1. The summed E-state index contributed by atoms with van der Waals surface area (Å²) in [6.07, 6.45) is 6.77. The van der Waals surface area contributed by atoms with Crippen molar-refractivity contribution in [1.29, 1.82) is 0 Å². The Kier molecular flexibility index (Phi) is 5.33. The van der Waals surface area contributed by atoms with Gasteiger partial charge in [0.05, 0.1) is 6.10 Å². The van der Waals surface area contributed by atoms with E-state index in [0.29, 0.717) is 19.4 Å². The van der Waals surface area contributed by atoms with Gasteiger partial charge >= 0.3 is 0 Å². The number of pyridine rings is 1. The molecule has 0 aromatic carbocycles. The Morgan fingerprint density at radius 2 is 2.21 bits per heavy atom. The van der Waals surface area contributed by atoms with Crippen molar-refractivity contribution in [1.82, 2.24) is 10.3 Å². The van der Waals surface area contributed by atoms with Gasteiger partial charge in [0, 0.05) is 30.8 Å². The Morgan fingerprint density at radius 3 is 2.95 bits per heavy atom. The first-order chi connectivity index (χ1) is 9.25. The lowest BCUT2D eigenvalue weighted by atomic mass is 9.86. The van der Waals surface area contributed by atoms with Gasteiger partial charge in [0.2, 0.25) is 5.91 Å². The molecule has 1 fully saturated rings. The molecule has 0 saturated heterocycles. The maximum Gasteiger partial charge on any atom is 0.220 e. The van der Waals surface area contributed by atoms with Gasteiger partial charge in [-0.3, -0.25) is 9.78 Å². The molecule has 0 bridgehead atoms. The van der Waals surface area contributed by atoms with Crippen LogP contribution in [0, 0.1) is 5.92 Å². The molecule has 2 N–H and O–H groups in total. The third-order valence-electron chi connectivity index (χ3n) is 3.76. The number of aliphatic hydroxyl groups is 1. The summed E-state index contributed by atoms with van der Waals surface area (Å²) in [7, 11) is 0. The molecule has 0 aliphatic heterocycles. The molecule has 1 aromatic rings. The van der Waals surface area contributed by atoms with Crippen LogP contribution in [0.4, 0.5) is 0 Å². The molecule has 2 rings (SSSR count). The van der Waals surface area contributed by atoms with Crippen LogP contribution in [0.2, 0.25) is 0 Å². The standard InChI is InChI=1S/C15H22N2O2/c18-14-7-2-1-5-12(14)11-17-15(19)9-8-13-6-3-4-10-16-13/h3-4,6,10,12,14,18H,1-2,5,7-9,11H2,(H,17,19). The van der Waals surface area contributed by atoms with Crippen molar-refractivity contribution >= 4 is 5.91 Å². The summed E-state index contributed by atoms with van der Waals surface area (Å²) in [5, 5.41) is 12.8. The first-order valence-electron chi connectivity index (χ1n) is 7.10. The average molecular weight is 262 g/mol. The molecule has 4 nitrogen and oxygen atoms in total. The Morgan fingerprint density at radius 1 is 1.37 bits per heavy atom. The van der Waals surface area contributed by atoms with Gasteiger partial charge in [0.25, 0.3) is 0 Å². The smallest absolute Gasteiger partial charge is 0.220 e. The zero-order valence-electron chi connectivity index (χ0n) is 11.2. The highest BCUT2D eigenvalue weighted by Gasteiger charge is 2.23. The normalized spacial score (nSPS) is 23.0. The van der Waals surface area contributed by atoms with Crippen LogP contribution in [0.1, 0.15) is 37.8 Å². The number of carbonyl (C=O) groups excluding carboxylic acids is 1. The molecule has 2 atom stereocenters. The maximum absolute atomic E-state index is 11.7. The number of nitrogens with one attached hydrogen (secondary N) is 1. The minimum Gasteiger partial charge on any atom is -0.393 e. The molecule has 19 heavy (non-hydrogen) atoms. The number of aryl methyl sites for hydroxylation is 1. The predicted molar refractivity (Wildman–Crippen MR) is 73.5 cm³/mol. The van der Waals surface area contributed by atoms with E-state index in [9.17, 15) is 9.90 Å². The van der Waals surface area contributed by atoms with Crippen LogP contribution < -0.4 is 5.32 Å². The van der Waals surface area contributed by atoms with E-state index in [1.807, 2.05) is 18.2 Å². The van der Waals surface area contributed by atoms with Gasteiger partial charge < -0.3 is 10.4 Å². The molecular formula is C15H22N2O2. The van der Waals surface area contributed by atoms with Crippen molar-refractivity contribution in [2.75, 3.05) is 6.54 Å². The number of carbonyl (C=O) groups is 1. The second-order valence-corrected chi connectivity index (χ2v) is 5.24. The third kappa shape index (κ3) is 4.63. The van der Waals surface area contributed by atoms with Crippen molar-refractivity contribution in [3.63, 3.8) is 0 Å². The number of nitrogens with zero attached hydrogens (tertiary/aromatic N) is 1. The molecule has 2 unspecified atom stereocenters. The molecule has 0 spiro atoms. The fourth-order valence-electron chi connectivity index (χ4n) is 2.55. The molecule has 1 aromatic heterocycles. The van der Waals surface area contributed by atoms with Gasteiger partial charge in [-0.25, -0.2) is 0 Å². The Bertz CT molecular complexity index is 394. The van der Waals surface area contributed by atoms with Crippen LogP contribution in [-0.4, -0.2) is 28.6 Å². The number of rotatable bonds is 5. The molecule has 1 aliphatic carbocycles. The molecule has 4 heteroatoms. The van der Waals surface area contributed by atoms with Crippen molar-refractivity contribution in [3.8, 4) is 0 Å². The average Bonchev–Trinajstić information content (AvgIpc) is 2.45. The van der Waals surface area contributed by atoms with Crippen LogP contribution in [0.25, 0.3) is 0 Å². The van der Waals surface area contributed by atoms with E-state index in [-0.39, 0.29) is 17.9 Å². The molecule has 1 aliphatic rings. The summed E-state index contributed by atoms with van der Waals surface area (Å²) in [5.74, 6) is 0.274. The van der Waals surface area contributed by atoms with Gasteiger partial charge in [-0.1, -0.05) is 18.9 Å². The Balaban J connectivity index is 1.67. The first kappa shape index (κ1) is 14.0. The number of amides is 1. The lowest BCUT2D eigenvalue weighted by Gasteiger charge is -2.27. The Hall–Kier alpha value is -1.42. The maximum atomic E-state index is 11.7. The van der Waals surface area contributed by atoms with E-state index in [1.54, 1.807) is 6.20 Å². The molecule has 1 heterocycles. The Labute approximate surface area is 114 Å². The summed E-state index contributed by atoms with van der Waals surface area (Å²) in [4.78, 5) is 15.9. The van der Waals surface area contributed by atoms with Crippen molar-refractivity contribution in [2.24, 2.45) is 5.92 Å². The van der Waals surface area contributed by atoms with E-state index >= 15 is 0 Å². The number of aliphatic hydroxyl groups excluding tert-OH is 1. The molecular weight excluding hydrogens is 240 g/mol. The van der Waals surface area contributed by atoms with Gasteiger partial charge in [-0.05, 0) is 31.4 Å². The van der Waals surface area contributed by atoms with Crippen LogP contribution >= 0.6 is 0 Å². The minimum absolute atomic E-state index is 0.0448. The van der Waals surface area contributed by atoms with Gasteiger partial charge in [0.15, 0.2) is 0 Å². The number of hydrogen-bond acceptors (Lipinski definition) is 3. The molecule has 1 saturated carbocycles. The summed E-state index contributed by atoms with van der Waals surface area (Å²) in [6, 6.07) is 5.73. The summed E-state index contributed by atoms with van der Waals surface area (Å²) < 4.78 is 0. The van der Waals surface area contributed by atoms with E-state index in [4.69, 9.17) is 0 Å². The lowest BCUT2D eigenvalue weighted by Crippen LogP contribution is -2.36. The van der Waals surface area contributed by atoms with Gasteiger partial charge in [-0.15, -0.1) is 0 Å². The topological polar surface area (TPSA) is 62.2 Å². The second-order valence-electron chi connectivity index (χ2n) is 5.24. The van der Waals surface area contributed by atoms with Crippen LogP contribution in [-0.2, 0) is 11.2 Å². The molecule has 104 valence electrons. The summed E-state index contributed by atoms with van der Waals surface area (Å²) in [6.45, 7) is 0.599. The summed E-state index contributed by atoms with van der Waals surface area (Å²) >= 11 is 0. The fraction of sp³-hybridized carbons (Fsp3) is 0.600. The van der Waals surface area contributed by atoms with Crippen LogP contribution in [0.15, 0.2) is 24.4 Å². The quantitative estimate of drug-likeness (QED) is 0.848. The van der Waals surface area contributed by atoms with Gasteiger partial charge in [0.1, 0.15) is 0 Å². The number of hydrogen-bond donors (Lipinski definition) is 2. The van der Waals surface area contributed by atoms with E-state index in [2.05, 4.69) is 10.3 Å². The zero-order valence-corrected chi connectivity index (χ0v) is 11.2. The largest absolute Gasteiger partial charge is 0.393 e. The fourth-order valence-corrected chi connectivity index (χ4v) is 2.55. The van der Waals surface area contributed by atoms with E-state index < -0.39 is 0 Å². The second kappa shape index (κ2) is 7.24. The SMILES string of the molecule is O=C(CCc1ccccn1)NCC1CCCCC1O. The lowest BCUT2D eigenvalue weighted by molar-refractivity contribution is -0.121. The first-order valence-corrected chi connectivity index (χ1v) is 7.10. The minimum atomic E-state index is -0.246. The zero-order chi connectivity index (χ0) is 13.5. The van der Waals surface area contributed by atoms with Crippen molar-refractivity contribution in [3.05, 3.63) is 30.1 Å². The van der Waals surface area contributed by atoms with Crippen molar-refractivity contribution < 1.29 is 9.90 Å². The third-order valence-corrected chi connectivity index (χ3v) is 3.76. The van der Waals surface area contributed by atoms with Gasteiger partial charge in [-0.2, -0.15) is 0 Å². The highest BCUT2D eigenvalue weighted by molar-refractivity contribution is 5.76. The van der Waals surface area contributed by atoms with E-state index in [0.717, 1.165) is 31.4 Å². The van der Waals surface area contributed by atoms with E-state index in [1.165, 1.54) is 0 Å². The highest BCUT2D eigenvalue weighted by Crippen LogP contribution is 2.23. The van der Waals surface area contributed by atoms with Crippen LogP contribution in [0.5, 0.6) is 0 Å². The molecule has 0 radical (unpaired) electrons. The predicted octanol–water partition coefficient (Wildman–Crippen LogP) is 1.68.